The van der Waals surface area contributed by atoms with E-state index in [2.05, 4.69) is 33.1 Å². The molecule has 0 aliphatic carbocycles. The summed E-state index contributed by atoms with van der Waals surface area (Å²) in [5, 5.41) is 10.2. The highest BCUT2D eigenvalue weighted by Crippen LogP contribution is 2.16. The zero-order chi connectivity index (χ0) is 14.7. The van der Waals surface area contributed by atoms with E-state index in [1.807, 2.05) is 6.07 Å². The van der Waals surface area contributed by atoms with Gasteiger partial charge in [-0.15, -0.1) is 22.8 Å². The van der Waals surface area contributed by atoms with Crippen molar-refractivity contribution in [2.75, 3.05) is 5.32 Å². The van der Waals surface area contributed by atoms with E-state index in [0.717, 1.165) is 0 Å². The Morgan fingerprint density at radius 2 is 1.86 bits per heavy atom. The van der Waals surface area contributed by atoms with Crippen molar-refractivity contribution in [1.82, 2.24) is 19.7 Å². The number of nitrogens with zero attached hydrogens (tertiary/aromatic N) is 4. The number of hydrogen-bond donors (Lipinski definition) is 2. The summed E-state index contributed by atoms with van der Waals surface area (Å²) in [6.07, 6.45) is 4.68. The van der Waals surface area contributed by atoms with Gasteiger partial charge < -0.3 is 5.32 Å². The van der Waals surface area contributed by atoms with Gasteiger partial charge in [-0.2, -0.15) is 0 Å². The van der Waals surface area contributed by atoms with Crippen LogP contribution in [0.25, 0.3) is 5.82 Å². The molecule has 0 fully saturated rings. The fourth-order valence-corrected chi connectivity index (χ4v) is 2.06. The van der Waals surface area contributed by atoms with Crippen LogP contribution in [-0.4, -0.2) is 25.7 Å². The van der Waals surface area contributed by atoms with Crippen LogP contribution in [0.15, 0.2) is 60.1 Å². The smallest absolute Gasteiger partial charge is 0.256 e. The molecule has 0 radical (unpaired) electrons. The Balaban J connectivity index is 1.77. The molecule has 0 saturated heterocycles. The molecule has 2 heterocycles. The molecule has 7 heteroatoms. The van der Waals surface area contributed by atoms with Crippen LogP contribution in [-0.2, 0) is 0 Å². The van der Waals surface area contributed by atoms with Crippen LogP contribution < -0.4 is 5.32 Å². The van der Waals surface area contributed by atoms with Crippen LogP contribution >= 0.6 is 12.6 Å². The minimum absolute atomic E-state index is 0.223. The van der Waals surface area contributed by atoms with Gasteiger partial charge in [0.15, 0.2) is 0 Å². The van der Waals surface area contributed by atoms with Gasteiger partial charge in [-0.05, 0) is 24.3 Å². The molecule has 21 heavy (non-hydrogen) atoms. The van der Waals surface area contributed by atoms with Gasteiger partial charge in [0.05, 0.1) is 17.4 Å². The van der Waals surface area contributed by atoms with Crippen LogP contribution in [0, 0.1) is 0 Å². The summed E-state index contributed by atoms with van der Waals surface area (Å²) in [6.45, 7) is 0. The molecular formula is C14H11N5OS. The topological polar surface area (TPSA) is 72.7 Å². The third-order valence-electron chi connectivity index (χ3n) is 2.84. The van der Waals surface area contributed by atoms with E-state index in [4.69, 9.17) is 0 Å². The summed E-state index contributed by atoms with van der Waals surface area (Å²) in [4.78, 5) is 17.0. The van der Waals surface area contributed by atoms with Gasteiger partial charge in [-0.25, -0.2) is 4.98 Å². The molecule has 2 aromatic heterocycles. The lowest BCUT2D eigenvalue weighted by molar-refractivity contribution is 0.102. The van der Waals surface area contributed by atoms with E-state index in [0.29, 0.717) is 22.0 Å². The second-order valence-corrected chi connectivity index (χ2v) is 4.73. The number of carbonyl (C=O) groups excluding carboxylic acids is 1. The van der Waals surface area contributed by atoms with Crippen molar-refractivity contribution in [3.8, 4) is 5.82 Å². The highest BCUT2D eigenvalue weighted by molar-refractivity contribution is 7.80. The van der Waals surface area contributed by atoms with Crippen LogP contribution in [0.4, 0.5) is 5.69 Å². The maximum atomic E-state index is 12.1. The molecule has 0 bridgehead atoms. The van der Waals surface area contributed by atoms with Gasteiger partial charge in [0.2, 0.25) is 0 Å². The van der Waals surface area contributed by atoms with Crippen LogP contribution in [0.5, 0.6) is 0 Å². The lowest BCUT2D eigenvalue weighted by Gasteiger charge is -2.07. The summed E-state index contributed by atoms with van der Waals surface area (Å²) < 4.78 is 1.68. The number of amides is 1. The molecule has 0 atom stereocenters. The zero-order valence-electron chi connectivity index (χ0n) is 10.8. The van der Waals surface area contributed by atoms with E-state index in [1.165, 1.54) is 0 Å². The first-order valence-corrected chi connectivity index (χ1v) is 6.59. The number of benzene rings is 1. The zero-order valence-corrected chi connectivity index (χ0v) is 11.7. The summed E-state index contributed by atoms with van der Waals surface area (Å²) in [7, 11) is 0. The molecule has 3 aromatic rings. The Morgan fingerprint density at radius 1 is 1.10 bits per heavy atom. The Hall–Kier alpha value is -2.67. The Morgan fingerprint density at radius 3 is 2.52 bits per heavy atom. The average molecular weight is 297 g/mol. The highest BCUT2D eigenvalue weighted by atomic mass is 32.1. The second kappa shape index (κ2) is 5.76. The number of aromatic nitrogens is 4. The van der Waals surface area contributed by atoms with Crippen molar-refractivity contribution in [2.24, 2.45) is 0 Å². The Kier molecular flexibility index (Phi) is 3.65. The second-order valence-electron chi connectivity index (χ2n) is 4.25. The Bertz CT molecular complexity index is 755. The number of anilines is 1. The number of nitrogens with one attached hydrogen (secondary N) is 1. The fraction of sp³-hybridized carbons (Fsp3) is 0. The third-order valence-corrected chi connectivity index (χ3v) is 3.23. The van der Waals surface area contributed by atoms with Gasteiger partial charge in [-0.3, -0.25) is 9.36 Å². The summed E-state index contributed by atoms with van der Waals surface area (Å²) >= 11 is 4.27. The normalized spacial score (nSPS) is 10.3. The van der Waals surface area contributed by atoms with Crippen molar-refractivity contribution in [1.29, 1.82) is 0 Å². The molecule has 104 valence electrons. The molecule has 0 saturated carbocycles. The molecule has 1 N–H and O–H groups in total. The average Bonchev–Trinajstić information content (AvgIpc) is 3.02. The van der Waals surface area contributed by atoms with Crippen molar-refractivity contribution in [3.05, 3.63) is 60.8 Å². The molecule has 1 amide bonds. The molecule has 0 spiro atoms. The minimum Gasteiger partial charge on any atom is -0.321 e. The predicted octanol–water partition coefficient (Wildman–Crippen LogP) is 2.20. The number of thiol groups is 1. The van der Waals surface area contributed by atoms with E-state index >= 15 is 0 Å². The number of rotatable bonds is 3. The molecule has 0 aliphatic heterocycles. The molecular weight excluding hydrogens is 286 g/mol. The lowest BCUT2D eigenvalue weighted by atomic mass is 10.2. The van der Waals surface area contributed by atoms with Crippen molar-refractivity contribution in [2.45, 2.75) is 4.90 Å². The molecule has 3 rings (SSSR count). The number of hydrogen-bond acceptors (Lipinski definition) is 5. The maximum Gasteiger partial charge on any atom is 0.256 e. The van der Waals surface area contributed by atoms with Gasteiger partial charge in [0, 0.05) is 4.90 Å². The standard InChI is InChI=1S/C14H11N5OS/c20-14(11-3-1-2-4-12(11)21)18-10-5-6-13(15-7-10)19-8-16-17-9-19/h1-9,21H,(H,18,20). The largest absolute Gasteiger partial charge is 0.321 e. The predicted molar refractivity (Wildman–Crippen MR) is 80.8 cm³/mol. The van der Waals surface area contributed by atoms with E-state index in [-0.39, 0.29) is 5.91 Å². The first-order chi connectivity index (χ1) is 10.2. The molecule has 0 unspecified atom stereocenters. The number of carbonyl (C=O) groups is 1. The van der Waals surface area contributed by atoms with E-state index < -0.39 is 0 Å². The van der Waals surface area contributed by atoms with Crippen molar-refractivity contribution < 1.29 is 4.79 Å². The molecule has 0 aliphatic rings. The van der Waals surface area contributed by atoms with Gasteiger partial charge in [0.1, 0.15) is 18.5 Å². The van der Waals surface area contributed by atoms with Gasteiger partial charge in [0.25, 0.3) is 5.91 Å². The van der Waals surface area contributed by atoms with Crippen LogP contribution in [0.3, 0.4) is 0 Å². The van der Waals surface area contributed by atoms with E-state index in [9.17, 15) is 4.79 Å². The first-order valence-electron chi connectivity index (χ1n) is 6.14. The van der Waals surface area contributed by atoms with E-state index in [1.54, 1.807) is 53.8 Å². The van der Waals surface area contributed by atoms with Gasteiger partial charge in [-0.1, -0.05) is 12.1 Å². The van der Waals surface area contributed by atoms with Crippen molar-refractivity contribution >= 4 is 24.2 Å². The Labute approximate surface area is 126 Å². The monoisotopic (exact) mass is 297 g/mol. The fourth-order valence-electron chi connectivity index (χ4n) is 1.80. The minimum atomic E-state index is -0.223. The SMILES string of the molecule is O=C(Nc1ccc(-n2cnnc2)nc1)c1ccccc1S. The van der Waals surface area contributed by atoms with Crippen LogP contribution in [0.2, 0.25) is 0 Å². The first kappa shape index (κ1) is 13.3. The third kappa shape index (κ3) is 2.92. The number of pyridine rings is 1. The summed E-state index contributed by atoms with van der Waals surface area (Å²) in [5.74, 6) is 0.451. The maximum absolute atomic E-state index is 12.1. The lowest BCUT2D eigenvalue weighted by Crippen LogP contribution is -2.12. The van der Waals surface area contributed by atoms with Gasteiger partial charge >= 0.3 is 0 Å². The quantitative estimate of drug-likeness (QED) is 0.727. The summed E-state index contributed by atoms with van der Waals surface area (Å²) in [5.41, 5.74) is 1.12. The summed E-state index contributed by atoms with van der Waals surface area (Å²) in [6, 6.07) is 10.6. The highest BCUT2D eigenvalue weighted by Gasteiger charge is 2.09. The van der Waals surface area contributed by atoms with Crippen LogP contribution in [0.1, 0.15) is 10.4 Å². The van der Waals surface area contributed by atoms with Crippen molar-refractivity contribution in [3.63, 3.8) is 0 Å². The molecule has 1 aromatic carbocycles. The molecule has 6 nitrogen and oxygen atoms in total.